The quantitative estimate of drug-likeness (QED) is 0.662. The third kappa shape index (κ3) is 2.81. The number of Topliss-reactive ketones (excluding diaryl/α,β-unsaturated/α-hetero) is 1. The molecule has 5 nitrogen and oxygen atoms in total. The summed E-state index contributed by atoms with van der Waals surface area (Å²) in [6.45, 7) is 0. The van der Waals surface area contributed by atoms with Gasteiger partial charge in [-0.1, -0.05) is 15.9 Å². The standard InChI is InChI=1S/C9H10BrNO4S/c1-15-9-3-2-6(16(11,13)14)4-7(9)8(12)5-10/h2-4H,5H2,1H3,(H2,11,13,14). The minimum absolute atomic E-state index is 0.0808. The molecule has 2 N–H and O–H groups in total. The lowest BCUT2D eigenvalue weighted by atomic mass is 10.1. The van der Waals surface area contributed by atoms with E-state index in [1.165, 1.54) is 25.3 Å². The molecule has 1 aromatic rings. The van der Waals surface area contributed by atoms with Gasteiger partial charge in [-0.2, -0.15) is 0 Å². The number of nitrogens with two attached hydrogens (primary N) is 1. The topological polar surface area (TPSA) is 86.5 Å². The second-order valence-corrected chi connectivity index (χ2v) is 5.09. The minimum atomic E-state index is -3.82. The van der Waals surface area contributed by atoms with E-state index in [4.69, 9.17) is 9.88 Å². The summed E-state index contributed by atoms with van der Waals surface area (Å²) >= 11 is 3.00. The maximum absolute atomic E-state index is 11.5. The Bertz CT molecular complexity index is 512. The molecule has 0 bridgehead atoms. The van der Waals surface area contributed by atoms with Gasteiger partial charge >= 0.3 is 0 Å². The normalized spacial score (nSPS) is 11.2. The van der Waals surface area contributed by atoms with E-state index < -0.39 is 10.0 Å². The van der Waals surface area contributed by atoms with Crippen molar-refractivity contribution in [1.29, 1.82) is 0 Å². The Morgan fingerprint density at radius 2 is 2.12 bits per heavy atom. The van der Waals surface area contributed by atoms with Gasteiger partial charge in [0.1, 0.15) is 5.75 Å². The number of halogens is 1. The first-order valence-electron chi connectivity index (χ1n) is 4.20. The summed E-state index contributed by atoms with van der Waals surface area (Å²) < 4.78 is 27.2. The summed E-state index contributed by atoms with van der Waals surface area (Å²) in [6.07, 6.45) is 0. The Labute approximate surface area is 102 Å². The molecule has 7 heteroatoms. The molecule has 1 aromatic carbocycles. The van der Waals surface area contributed by atoms with Gasteiger partial charge in [0.25, 0.3) is 0 Å². The maximum Gasteiger partial charge on any atom is 0.238 e. The number of rotatable bonds is 4. The molecule has 0 atom stereocenters. The van der Waals surface area contributed by atoms with Crippen molar-refractivity contribution in [3.8, 4) is 5.75 Å². The number of carbonyl (C=O) groups is 1. The highest BCUT2D eigenvalue weighted by Gasteiger charge is 2.16. The Morgan fingerprint density at radius 3 is 2.56 bits per heavy atom. The van der Waals surface area contributed by atoms with Gasteiger partial charge in [-0.15, -0.1) is 0 Å². The molecule has 0 unspecified atom stereocenters. The number of hydrogen-bond acceptors (Lipinski definition) is 4. The van der Waals surface area contributed by atoms with Crippen LogP contribution in [0.2, 0.25) is 0 Å². The van der Waals surface area contributed by atoms with E-state index in [0.717, 1.165) is 0 Å². The highest BCUT2D eigenvalue weighted by atomic mass is 79.9. The lowest BCUT2D eigenvalue weighted by Gasteiger charge is -2.07. The third-order valence-electron chi connectivity index (χ3n) is 1.92. The minimum Gasteiger partial charge on any atom is -0.496 e. The molecule has 0 heterocycles. The molecule has 0 saturated carbocycles. The number of primary sulfonamides is 1. The molecule has 0 aliphatic carbocycles. The predicted molar refractivity (Wildman–Crippen MR) is 62.5 cm³/mol. The molecule has 0 aliphatic heterocycles. The van der Waals surface area contributed by atoms with Gasteiger partial charge in [-0.05, 0) is 18.2 Å². The molecule has 16 heavy (non-hydrogen) atoms. The second kappa shape index (κ2) is 4.94. The summed E-state index contributed by atoms with van der Waals surface area (Å²) in [5.41, 5.74) is 0.186. The molecule has 0 radical (unpaired) electrons. The van der Waals surface area contributed by atoms with E-state index >= 15 is 0 Å². The number of sulfonamides is 1. The van der Waals surface area contributed by atoms with Crippen molar-refractivity contribution in [2.45, 2.75) is 4.90 Å². The third-order valence-corrected chi connectivity index (χ3v) is 3.34. The summed E-state index contributed by atoms with van der Waals surface area (Å²) in [6, 6.07) is 3.90. The summed E-state index contributed by atoms with van der Waals surface area (Å²) in [5, 5.41) is 5.05. The van der Waals surface area contributed by atoms with Gasteiger partial charge < -0.3 is 4.74 Å². The van der Waals surface area contributed by atoms with Crippen molar-refractivity contribution < 1.29 is 17.9 Å². The van der Waals surface area contributed by atoms with E-state index in [2.05, 4.69) is 15.9 Å². The summed E-state index contributed by atoms with van der Waals surface area (Å²) in [7, 11) is -2.42. The number of ether oxygens (including phenoxy) is 1. The van der Waals surface area contributed by atoms with E-state index in [-0.39, 0.29) is 21.6 Å². The molecule has 0 fully saturated rings. The number of alkyl halides is 1. The number of ketones is 1. The Hall–Kier alpha value is -0.920. The molecular formula is C9H10BrNO4S. The van der Waals surface area contributed by atoms with Crippen LogP contribution < -0.4 is 9.88 Å². The first-order chi connectivity index (χ1) is 7.40. The van der Waals surface area contributed by atoms with Crippen LogP contribution in [0.5, 0.6) is 5.75 Å². The predicted octanol–water partition coefficient (Wildman–Crippen LogP) is 0.920. The van der Waals surface area contributed by atoms with Crippen LogP contribution in [-0.2, 0) is 10.0 Å². The first kappa shape index (κ1) is 13.1. The fourth-order valence-corrected chi connectivity index (χ4v) is 2.00. The highest BCUT2D eigenvalue weighted by molar-refractivity contribution is 9.09. The van der Waals surface area contributed by atoms with Crippen LogP contribution in [0.15, 0.2) is 23.1 Å². The number of hydrogen-bond donors (Lipinski definition) is 1. The highest BCUT2D eigenvalue weighted by Crippen LogP contribution is 2.22. The molecule has 0 spiro atoms. The van der Waals surface area contributed by atoms with E-state index in [9.17, 15) is 13.2 Å². The number of benzene rings is 1. The molecule has 1 rings (SSSR count). The Kier molecular flexibility index (Phi) is 4.06. The van der Waals surface area contributed by atoms with Crippen LogP contribution >= 0.6 is 15.9 Å². The van der Waals surface area contributed by atoms with Crippen molar-refractivity contribution >= 4 is 31.7 Å². The number of carbonyl (C=O) groups excluding carboxylic acids is 1. The average Bonchev–Trinajstić information content (AvgIpc) is 2.25. The van der Waals surface area contributed by atoms with Gasteiger partial charge in [0, 0.05) is 0 Å². The van der Waals surface area contributed by atoms with Gasteiger partial charge in [-0.25, -0.2) is 13.6 Å². The lowest BCUT2D eigenvalue weighted by Crippen LogP contribution is -2.13. The van der Waals surface area contributed by atoms with Gasteiger partial charge in [-0.3, -0.25) is 4.79 Å². The summed E-state index contributed by atoms with van der Waals surface area (Å²) in [5.74, 6) is 0.0409. The largest absolute Gasteiger partial charge is 0.496 e. The van der Waals surface area contributed by atoms with E-state index in [1.54, 1.807) is 0 Å². The maximum atomic E-state index is 11.5. The van der Waals surface area contributed by atoms with Gasteiger partial charge in [0.05, 0.1) is 22.9 Å². The molecule has 0 aliphatic rings. The Morgan fingerprint density at radius 1 is 1.50 bits per heavy atom. The summed E-state index contributed by atoms with van der Waals surface area (Å²) in [4.78, 5) is 11.4. The van der Waals surface area contributed by atoms with Crippen LogP contribution in [0, 0.1) is 0 Å². The van der Waals surface area contributed by atoms with E-state index in [1.807, 2.05) is 0 Å². The van der Waals surface area contributed by atoms with Crippen molar-refractivity contribution in [1.82, 2.24) is 0 Å². The van der Waals surface area contributed by atoms with E-state index in [0.29, 0.717) is 5.75 Å². The fraction of sp³-hybridized carbons (Fsp3) is 0.222. The van der Waals surface area contributed by atoms with Crippen LogP contribution in [0.25, 0.3) is 0 Å². The molecule has 0 amide bonds. The number of methoxy groups -OCH3 is 1. The zero-order valence-corrected chi connectivity index (χ0v) is 10.8. The molecule has 0 saturated heterocycles. The molecular weight excluding hydrogens is 298 g/mol. The van der Waals surface area contributed by atoms with Crippen molar-refractivity contribution in [2.24, 2.45) is 5.14 Å². The molecule has 0 aromatic heterocycles. The zero-order chi connectivity index (χ0) is 12.3. The lowest BCUT2D eigenvalue weighted by molar-refractivity contribution is 0.102. The SMILES string of the molecule is COc1ccc(S(N)(=O)=O)cc1C(=O)CBr. The van der Waals surface area contributed by atoms with Crippen molar-refractivity contribution in [3.63, 3.8) is 0 Å². The van der Waals surface area contributed by atoms with Crippen molar-refractivity contribution in [3.05, 3.63) is 23.8 Å². The zero-order valence-electron chi connectivity index (χ0n) is 8.44. The second-order valence-electron chi connectivity index (χ2n) is 2.96. The van der Waals surface area contributed by atoms with Crippen LogP contribution in [0.4, 0.5) is 0 Å². The van der Waals surface area contributed by atoms with Crippen LogP contribution in [0.1, 0.15) is 10.4 Å². The Balaban J connectivity index is 3.38. The van der Waals surface area contributed by atoms with Crippen molar-refractivity contribution in [2.75, 3.05) is 12.4 Å². The van der Waals surface area contributed by atoms with Crippen LogP contribution in [-0.4, -0.2) is 26.6 Å². The monoisotopic (exact) mass is 307 g/mol. The van der Waals surface area contributed by atoms with Crippen LogP contribution in [0.3, 0.4) is 0 Å². The molecule has 88 valence electrons. The smallest absolute Gasteiger partial charge is 0.238 e. The van der Waals surface area contributed by atoms with Gasteiger partial charge in [0.2, 0.25) is 10.0 Å². The fourth-order valence-electron chi connectivity index (χ4n) is 1.15. The van der Waals surface area contributed by atoms with Gasteiger partial charge in [0.15, 0.2) is 5.78 Å². The average molecular weight is 308 g/mol. The first-order valence-corrected chi connectivity index (χ1v) is 6.87.